The van der Waals surface area contributed by atoms with E-state index in [1.165, 1.54) is 38.5 Å². The van der Waals surface area contributed by atoms with Gasteiger partial charge in [0.05, 0.1) is 6.61 Å². The minimum atomic E-state index is -5.13. The molecule has 340 valence electrons. The molecule has 6 N–H and O–H groups in total. The maximum Gasteiger partial charge on any atom is 0.472 e. The van der Waals surface area contributed by atoms with E-state index in [4.69, 9.17) is 18.5 Å². The quantitative estimate of drug-likeness (QED) is 0.0154. The van der Waals surface area contributed by atoms with Gasteiger partial charge in [-0.05, 0) is 77.0 Å². The van der Waals surface area contributed by atoms with E-state index in [1.54, 1.807) is 0 Å². The van der Waals surface area contributed by atoms with E-state index in [0.29, 0.717) is 19.3 Å². The molecule has 0 heterocycles. The highest BCUT2D eigenvalue weighted by Gasteiger charge is 2.51. The molecule has 0 aromatic heterocycles. The smallest absolute Gasteiger partial charge is 0.462 e. The summed E-state index contributed by atoms with van der Waals surface area (Å²) in [6, 6.07) is 0. The first kappa shape index (κ1) is 54.6. The molecule has 6 unspecified atom stereocenters. The van der Waals surface area contributed by atoms with Crippen molar-refractivity contribution in [2.75, 3.05) is 13.2 Å². The lowest BCUT2D eigenvalue weighted by atomic mass is 9.85. The van der Waals surface area contributed by atoms with Crippen LogP contribution in [0, 0.1) is 0 Å². The van der Waals surface area contributed by atoms with E-state index in [1.807, 2.05) is 6.08 Å². The Morgan fingerprint density at radius 1 is 0.542 bits per heavy atom. The van der Waals surface area contributed by atoms with Crippen molar-refractivity contribution in [2.24, 2.45) is 0 Å². The van der Waals surface area contributed by atoms with Crippen molar-refractivity contribution < 1.29 is 63.1 Å². The Morgan fingerprint density at radius 3 is 1.53 bits per heavy atom. The summed E-state index contributed by atoms with van der Waals surface area (Å²) in [5.74, 6) is -1.16. The minimum absolute atomic E-state index is 0.0404. The molecule has 1 fully saturated rings. The number of esters is 2. The molecular formula is C45H77O13P. The minimum Gasteiger partial charge on any atom is -0.462 e. The number of carbonyl (C=O) groups is 2. The number of ether oxygens (including phenoxy) is 2. The molecule has 0 radical (unpaired) electrons. The van der Waals surface area contributed by atoms with Crippen molar-refractivity contribution in [2.45, 2.75) is 198 Å². The molecule has 1 aliphatic carbocycles. The zero-order valence-corrected chi connectivity index (χ0v) is 36.7. The highest BCUT2D eigenvalue weighted by atomic mass is 31.2. The van der Waals surface area contributed by atoms with Crippen LogP contribution < -0.4 is 0 Å². The van der Waals surface area contributed by atoms with E-state index in [9.17, 15) is 44.6 Å². The summed E-state index contributed by atoms with van der Waals surface area (Å²) in [7, 11) is -5.13. The van der Waals surface area contributed by atoms with E-state index < -0.39 is 75.7 Å². The summed E-state index contributed by atoms with van der Waals surface area (Å²) in [6.45, 7) is 3.12. The standard InChI is InChI=1S/C45H77O13P/c1-3-5-7-9-11-13-15-17-19-21-23-25-27-29-31-33-38(46)55-35-37(36-56-59(53,54)58-45-43(51)41(49)40(48)42(50)44(45)52)57-39(47)34-32-30-28-26-24-22-20-18-16-14-12-10-8-6-4-2/h6,8,12,14,17-20,24,26,37,40-45,48-52H,3-5,7,9-11,13,15-16,21-23,25,27-36H2,1-2H3,(H,53,54)/b8-6-,14-12-,19-17-,20-18-,26-24-. The Hall–Kier alpha value is -2.45. The summed E-state index contributed by atoms with van der Waals surface area (Å²) < 4.78 is 33.4. The third-order valence-electron chi connectivity index (χ3n) is 9.84. The van der Waals surface area contributed by atoms with Crippen LogP contribution in [0.3, 0.4) is 0 Å². The molecule has 0 bridgehead atoms. The molecule has 0 aliphatic heterocycles. The van der Waals surface area contributed by atoms with Crippen LogP contribution in [0.4, 0.5) is 0 Å². The average molecular weight is 857 g/mol. The van der Waals surface area contributed by atoms with Crippen LogP contribution in [0.15, 0.2) is 60.8 Å². The number of phosphoric ester groups is 1. The van der Waals surface area contributed by atoms with Gasteiger partial charge in [-0.25, -0.2) is 4.57 Å². The van der Waals surface area contributed by atoms with Gasteiger partial charge in [0.25, 0.3) is 0 Å². The maximum atomic E-state index is 12.8. The van der Waals surface area contributed by atoms with E-state index in [-0.39, 0.29) is 12.8 Å². The number of hydrogen-bond acceptors (Lipinski definition) is 12. The Bertz CT molecular complexity index is 1270. The molecule has 0 spiro atoms. The second-order valence-corrected chi connectivity index (χ2v) is 16.6. The van der Waals surface area contributed by atoms with E-state index in [0.717, 1.165) is 70.6 Å². The number of rotatable bonds is 35. The summed E-state index contributed by atoms with van der Waals surface area (Å²) in [4.78, 5) is 35.6. The summed E-state index contributed by atoms with van der Waals surface area (Å²) in [6.07, 6.45) is 28.5. The average Bonchev–Trinajstić information content (AvgIpc) is 3.21. The zero-order chi connectivity index (χ0) is 43.6. The van der Waals surface area contributed by atoms with Gasteiger partial charge in [0, 0.05) is 12.8 Å². The van der Waals surface area contributed by atoms with Gasteiger partial charge in [-0.15, -0.1) is 0 Å². The van der Waals surface area contributed by atoms with Gasteiger partial charge >= 0.3 is 19.8 Å². The first-order valence-corrected chi connectivity index (χ1v) is 23.6. The molecule has 0 saturated heterocycles. The fraction of sp³-hybridized carbons (Fsp3) is 0.733. The van der Waals surface area contributed by atoms with Gasteiger partial charge in [0.1, 0.15) is 43.2 Å². The fourth-order valence-corrected chi connectivity index (χ4v) is 7.24. The predicted molar refractivity (Wildman–Crippen MR) is 230 cm³/mol. The van der Waals surface area contributed by atoms with Crippen molar-refractivity contribution in [1.82, 2.24) is 0 Å². The second kappa shape index (κ2) is 35.2. The van der Waals surface area contributed by atoms with Gasteiger partial charge in [0.2, 0.25) is 0 Å². The number of aliphatic hydroxyl groups excluding tert-OH is 5. The molecule has 0 aromatic carbocycles. The predicted octanol–water partition coefficient (Wildman–Crippen LogP) is 8.16. The maximum absolute atomic E-state index is 12.8. The fourth-order valence-electron chi connectivity index (χ4n) is 6.27. The van der Waals surface area contributed by atoms with Crippen molar-refractivity contribution in [1.29, 1.82) is 0 Å². The molecule has 0 amide bonds. The van der Waals surface area contributed by atoms with Crippen LogP contribution >= 0.6 is 7.82 Å². The Kier molecular flexibility index (Phi) is 32.5. The molecule has 1 saturated carbocycles. The Morgan fingerprint density at radius 2 is 0.966 bits per heavy atom. The summed E-state index contributed by atoms with van der Waals surface area (Å²) >= 11 is 0. The first-order valence-electron chi connectivity index (χ1n) is 22.1. The molecule has 13 nitrogen and oxygen atoms in total. The SMILES string of the molecule is CC/C=C\C/C=C\C/C=C\C/C=C\CCCCC(=O)OC(COC(=O)CCCCCCC/C=C\CCCCCCCC)COP(=O)(O)OC1C(O)C(O)C(O)C(O)C1O. The number of unbranched alkanes of at least 4 members (excludes halogenated alkanes) is 13. The van der Waals surface area contributed by atoms with Gasteiger partial charge in [0.15, 0.2) is 6.10 Å². The normalized spacial score (nSPS) is 22.9. The van der Waals surface area contributed by atoms with E-state index >= 15 is 0 Å². The lowest BCUT2D eigenvalue weighted by Crippen LogP contribution is -2.64. The number of hydrogen-bond donors (Lipinski definition) is 6. The molecular weight excluding hydrogens is 779 g/mol. The molecule has 0 aromatic rings. The molecule has 14 heteroatoms. The number of allylic oxidation sites excluding steroid dienone is 10. The van der Waals surface area contributed by atoms with Crippen LogP contribution in [-0.4, -0.2) is 98.3 Å². The van der Waals surface area contributed by atoms with Crippen molar-refractivity contribution in [3.63, 3.8) is 0 Å². The molecule has 1 aliphatic rings. The number of carbonyl (C=O) groups excluding carboxylic acids is 2. The highest BCUT2D eigenvalue weighted by Crippen LogP contribution is 2.47. The number of aliphatic hydroxyl groups is 5. The lowest BCUT2D eigenvalue weighted by molar-refractivity contribution is -0.220. The molecule has 1 rings (SSSR count). The Labute approximate surface area is 353 Å². The summed E-state index contributed by atoms with van der Waals surface area (Å²) in [5, 5.41) is 50.1. The zero-order valence-electron chi connectivity index (χ0n) is 35.8. The topological polar surface area (TPSA) is 210 Å². The van der Waals surface area contributed by atoms with Crippen molar-refractivity contribution >= 4 is 19.8 Å². The van der Waals surface area contributed by atoms with Crippen LogP contribution in [0.25, 0.3) is 0 Å². The third kappa shape index (κ3) is 27.9. The second-order valence-electron chi connectivity index (χ2n) is 15.2. The highest BCUT2D eigenvalue weighted by molar-refractivity contribution is 7.47. The monoisotopic (exact) mass is 857 g/mol. The largest absolute Gasteiger partial charge is 0.472 e. The van der Waals surface area contributed by atoms with Gasteiger partial charge in [-0.3, -0.25) is 18.6 Å². The van der Waals surface area contributed by atoms with Crippen molar-refractivity contribution in [3.8, 4) is 0 Å². The lowest BCUT2D eigenvalue weighted by Gasteiger charge is -2.41. The Balaban J connectivity index is 2.53. The number of phosphoric acid groups is 1. The van der Waals surface area contributed by atoms with Crippen molar-refractivity contribution in [3.05, 3.63) is 60.8 Å². The van der Waals surface area contributed by atoms with Crippen LogP contribution in [0.5, 0.6) is 0 Å². The first-order chi connectivity index (χ1) is 28.4. The van der Waals surface area contributed by atoms with Crippen LogP contribution in [0.2, 0.25) is 0 Å². The summed E-state index contributed by atoms with van der Waals surface area (Å²) in [5.41, 5.74) is 0. The molecule has 6 atom stereocenters. The van der Waals surface area contributed by atoms with Gasteiger partial charge in [-0.1, -0.05) is 126 Å². The van der Waals surface area contributed by atoms with Crippen LogP contribution in [-0.2, 0) is 32.7 Å². The van der Waals surface area contributed by atoms with Gasteiger partial charge < -0.3 is 39.9 Å². The van der Waals surface area contributed by atoms with Crippen LogP contribution in [0.1, 0.15) is 155 Å². The third-order valence-corrected chi connectivity index (χ3v) is 10.8. The molecule has 59 heavy (non-hydrogen) atoms. The van der Waals surface area contributed by atoms with Gasteiger partial charge in [-0.2, -0.15) is 0 Å². The van der Waals surface area contributed by atoms with E-state index in [2.05, 4.69) is 68.5 Å².